The Morgan fingerprint density at radius 1 is 1.47 bits per heavy atom. The summed E-state index contributed by atoms with van der Waals surface area (Å²) in [4.78, 5) is 7.07. The van der Waals surface area contributed by atoms with Crippen molar-refractivity contribution in [2.24, 2.45) is 5.92 Å². The number of aromatic nitrogens is 1. The average Bonchev–Trinajstić information content (AvgIpc) is 2.65. The van der Waals surface area contributed by atoms with Crippen LogP contribution in [-0.2, 0) is 6.54 Å². The Morgan fingerprint density at radius 2 is 2.33 bits per heavy atom. The lowest BCUT2D eigenvalue weighted by Gasteiger charge is -2.15. The summed E-state index contributed by atoms with van der Waals surface area (Å²) in [5, 5.41) is 0. The van der Waals surface area contributed by atoms with Crippen molar-refractivity contribution < 1.29 is 0 Å². The lowest BCUT2D eigenvalue weighted by Crippen LogP contribution is -2.20. The van der Waals surface area contributed by atoms with E-state index in [1.807, 2.05) is 0 Å². The maximum atomic E-state index is 4.55. The number of hydrogen-bond donors (Lipinski definition) is 0. The van der Waals surface area contributed by atoms with Gasteiger partial charge < -0.3 is 0 Å². The molecule has 82 valence electrons. The van der Waals surface area contributed by atoms with E-state index in [0.29, 0.717) is 0 Å². The van der Waals surface area contributed by atoms with Crippen LogP contribution in [0.3, 0.4) is 0 Å². The Bertz CT molecular complexity index is 322. The summed E-state index contributed by atoms with van der Waals surface area (Å²) in [5.41, 5.74) is 2.34. The third kappa shape index (κ3) is 2.78. The summed E-state index contributed by atoms with van der Waals surface area (Å²) in [6.07, 6.45) is 2.68. The second-order valence-electron chi connectivity index (χ2n) is 4.57. The highest BCUT2D eigenvalue weighted by Gasteiger charge is 2.20. The fourth-order valence-electron chi connectivity index (χ4n) is 2.31. The molecular formula is C13H20N2. The predicted octanol–water partition coefficient (Wildman–Crippen LogP) is 2.62. The minimum atomic E-state index is 0.912. The second kappa shape index (κ2) is 4.75. The van der Waals surface area contributed by atoms with Crippen LogP contribution < -0.4 is 0 Å². The molecule has 2 nitrogen and oxygen atoms in total. The van der Waals surface area contributed by atoms with E-state index in [4.69, 9.17) is 0 Å². The van der Waals surface area contributed by atoms with E-state index in [9.17, 15) is 0 Å². The molecular weight excluding hydrogens is 184 g/mol. The van der Waals surface area contributed by atoms with E-state index >= 15 is 0 Å². The molecule has 0 N–H and O–H groups in total. The number of likely N-dealkylation sites (tertiary alicyclic amines) is 1. The van der Waals surface area contributed by atoms with E-state index in [-0.39, 0.29) is 0 Å². The molecule has 0 saturated carbocycles. The fourth-order valence-corrected chi connectivity index (χ4v) is 2.31. The molecule has 0 aromatic carbocycles. The number of nitrogens with zero attached hydrogens (tertiary/aromatic N) is 2. The molecule has 1 aliphatic rings. The van der Waals surface area contributed by atoms with Gasteiger partial charge in [0.05, 0.1) is 5.69 Å². The number of rotatable bonds is 3. The van der Waals surface area contributed by atoms with Crippen LogP contribution in [-0.4, -0.2) is 23.0 Å². The van der Waals surface area contributed by atoms with Crippen molar-refractivity contribution in [3.63, 3.8) is 0 Å². The number of aryl methyl sites for hydroxylation is 1. The van der Waals surface area contributed by atoms with Crippen molar-refractivity contribution in [2.45, 2.75) is 33.2 Å². The highest BCUT2D eigenvalue weighted by molar-refractivity contribution is 5.09. The molecule has 2 heteroatoms. The van der Waals surface area contributed by atoms with Crippen molar-refractivity contribution in [2.75, 3.05) is 13.1 Å². The fraction of sp³-hybridized carbons (Fsp3) is 0.615. The summed E-state index contributed by atoms with van der Waals surface area (Å²) in [6.45, 7) is 7.87. The highest BCUT2D eigenvalue weighted by atomic mass is 15.1. The van der Waals surface area contributed by atoms with Gasteiger partial charge in [-0.1, -0.05) is 19.4 Å². The first-order valence-corrected chi connectivity index (χ1v) is 5.93. The van der Waals surface area contributed by atoms with E-state index < -0.39 is 0 Å². The van der Waals surface area contributed by atoms with Crippen LogP contribution in [0.25, 0.3) is 0 Å². The average molecular weight is 204 g/mol. The van der Waals surface area contributed by atoms with Gasteiger partial charge in [0.2, 0.25) is 0 Å². The molecule has 0 aliphatic carbocycles. The Balaban J connectivity index is 1.92. The van der Waals surface area contributed by atoms with E-state index in [2.05, 4.69) is 41.9 Å². The Morgan fingerprint density at radius 3 is 3.00 bits per heavy atom. The van der Waals surface area contributed by atoms with Crippen molar-refractivity contribution in [1.29, 1.82) is 0 Å². The number of pyridine rings is 1. The minimum absolute atomic E-state index is 0.912. The SMILES string of the molecule is CCC1CCN(Cc2cccc(C)n2)C1. The van der Waals surface area contributed by atoms with Crippen LogP contribution in [0.4, 0.5) is 0 Å². The molecule has 2 heterocycles. The number of hydrogen-bond acceptors (Lipinski definition) is 2. The molecule has 1 aromatic heterocycles. The first-order valence-electron chi connectivity index (χ1n) is 5.93. The quantitative estimate of drug-likeness (QED) is 0.752. The van der Waals surface area contributed by atoms with Gasteiger partial charge in [0.15, 0.2) is 0 Å². The van der Waals surface area contributed by atoms with Crippen LogP contribution in [0.2, 0.25) is 0 Å². The molecule has 1 unspecified atom stereocenters. The van der Waals surface area contributed by atoms with Crippen LogP contribution in [0.5, 0.6) is 0 Å². The zero-order valence-electron chi connectivity index (χ0n) is 9.74. The summed E-state index contributed by atoms with van der Waals surface area (Å²) < 4.78 is 0. The van der Waals surface area contributed by atoms with Crippen LogP contribution >= 0.6 is 0 Å². The Hall–Kier alpha value is -0.890. The van der Waals surface area contributed by atoms with Gasteiger partial charge in [0.1, 0.15) is 0 Å². The topological polar surface area (TPSA) is 16.1 Å². The van der Waals surface area contributed by atoms with Gasteiger partial charge in [-0.2, -0.15) is 0 Å². The molecule has 1 saturated heterocycles. The predicted molar refractivity (Wildman–Crippen MR) is 62.6 cm³/mol. The zero-order valence-corrected chi connectivity index (χ0v) is 9.74. The Kier molecular flexibility index (Phi) is 3.37. The maximum Gasteiger partial charge on any atom is 0.0547 e. The van der Waals surface area contributed by atoms with E-state index in [1.165, 1.54) is 31.6 Å². The third-order valence-electron chi connectivity index (χ3n) is 3.28. The van der Waals surface area contributed by atoms with Crippen LogP contribution in [0.15, 0.2) is 18.2 Å². The van der Waals surface area contributed by atoms with E-state index in [0.717, 1.165) is 18.2 Å². The monoisotopic (exact) mass is 204 g/mol. The molecule has 0 bridgehead atoms. The molecule has 0 radical (unpaired) electrons. The molecule has 1 aliphatic heterocycles. The summed E-state index contributed by atoms with van der Waals surface area (Å²) in [7, 11) is 0. The van der Waals surface area contributed by atoms with Crippen LogP contribution in [0.1, 0.15) is 31.2 Å². The van der Waals surface area contributed by atoms with Gasteiger partial charge in [0.25, 0.3) is 0 Å². The molecule has 1 aromatic rings. The van der Waals surface area contributed by atoms with Crippen LogP contribution in [0, 0.1) is 12.8 Å². The largest absolute Gasteiger partial charge is 0.297 e. The first-order chi connectivity index (χ1) is 7.28. The van der Waals surface area contributed by atoms with Gasteiger partial charge >= 0.3 is 0 Å². The Labute approximate surface area is 92.3 Å². The van der Waals surface area contributed by atoms with Gasteiger partial charge in [-0.15, -0.1) is 0 Å². The summed E-state index contributed by atoms with van der Waals surface area (Å²) >= 11 is 0. The molecule has 1 fully saturated rings. The van der Waals surface area contributed by atoms with Crippen molar-refractivity contribution >= 4 is 0 Å². The molecule has 0 spiro atoms. The zero-order chi connectivity index (χ0) is 10.7. The van der Waals surface area contributed by atoms with Gasteiger partial charge in [-0.25, -0.2) is 0 Å². The summed E-state index contributed by atoms with van der Waals surface area (Å²) in [5.74, 6) is 0.912. The lowest BCUT2D eigenvalue weighted by molar-refractivity contribution is 0.311. The molecule has 1 atom stereocenters. The third-order valence-corrected chi connectivity index (χ3v) is 3.28. The normalized spacial score (nSPS) is 22.1. The minimum Gasteiger partial charge on any atom is -0.297 e. The standard InChI is InChI=1S/C13H20N2/c1-3-12-7-8-15(9-12)10-13-6-4-5-11(2)14-13/h4-6,12H,3,7-10H2,1-2H3. The molecule has 15 heavy (non-hydrogen) atoms. The maximum absolute atomic E-state index is 4.55. The lowest BCUT2D eigenvalue weighted by atomic mass is 10.1. The van der Waals surface area contributed by atoms with Gasteiger partial charge in [-0.3, -0.25) is 9.88 Å². The molecule has 2 rings (SSSR count). The van der Waals surface area contributed by atoms with Crippen molar-refractivity contribution in [1.82, 2.24) is 9.88 Å². The van der Waals surface area contributed by atoms with Gasteiger partial charge in [0, 0.05) is 18.8 Å². The molecule has 0 amide bonds. The summed E-state index contributed by atoms with van der Waals surface area (Å²) in [6, 6.07) is 6.29. The smallest absolute Gasteiger partial charge is 0.0547 e. The highest BCUT2D eigenvalue weighted by Crippen LogP contribution is 2.20. The van der Waals surface area contributed by atoms with Crippen molar-refractivity contribution in [3.8, 4) is 0 Å². The van der Waals surface area contributed by atoms with Gasteiger partial charge in [-0.05, 0) is 37.9 Å². The first kappa shape index (κ1) is 10.6. The second-order valence-corrected chi connectivity index (χ2v) is 4.57. The van der Waals surface area contributed by atoms with Crippen molar-refractivity contribution in [3.05, 3.63) is 29.6 Å². The van der Waals surface area contributed by atoms with E-state index in [1.54, 1.807) is 0 Å².